The first-order valence-electron chi connectivity index (χ1n) is 6.08. The minimum atomic E-state index is 0.766. The molecule has 0 unspecified atom stereocenters. The van der Waals surface area contributed by atoms with Gasteiger partial charge in [0.2, 0.25) is 0 Å². The van der Waals surface area contributed by atoms with E-state index in [0.29, 0.717) is 0 Å². The molecule has 0 atom stereocenters. The molecule has 0 aliphatic rings. The van der Waals surface area contributed by atoms with E-state index in [0.717, 1.165) is 43.3 Å². The molecule has 4 heteroatoms. The second kappa shape index (κ2) is 7.01. The van der Waals surface area contributed by atoms with Crippen LogP contribution in [-0.4, -0.2) is 29.6 Å². The fraction of sp³-hybridized carbons (Fsp3) is 0.538. The molecule has 0 radical (unpaired) electrons. The summed E-state index contributed by atoms with van der Waals surface area (Å²) in [5.74, 6) is 0.922. The summed E-state index contributed by atoms with van der Waals surface area (Å²) in [4.78, 5) is 11.0. The molecule has 0 fully saturated rings. The van der Waals surface area contributed by atoms with Crippen molar-refractivity contribution in [1.29, 1.82) is 0 Å². The summed E-state index contributed by atoms with van der Waals surface area (Å²) in [6.07, 6.45) is 3.61. The minimum absolute atomic E-state index is 0.766. The lowest BCUT2D eigenvalue weighted by atomic mass is 10.3. The standard InChI is InChI=1S/C13H22N4/c1-5-14-7-12-8-15-9-13(16-12)17(6-2)10-11(3)4/h8-9,14H,3,5-7,10H2,1-2,4H3. The first kappa shape index (κ1) is 13.6. The second-order valence-corrected chi connectivity index (χ2v) is 4.12. The number of rotatable bonds is 7. The lowest BCUT2D eigenvalue weighted by Crippen LogP contribution is -2.26. The van der Waals surface area contributed by atoms with Crippen molar-refractivity contribution in [3.8, 4) is 0 Å². The molecule has 1 aromatic heterocycles. The predicted octanol–water partition coefficient (Wildman–Crippen LogP) is 1.99. The van der Waals surface area contributed by atoms with Gasteiger partial charge in [0.25, 0.3) is 0 Å². The van der Waals surface area contributed by atoms with Crippen molar-refractivity contribution >= 4 is 5.82 Å². The number of likely N-dealkylation sites (N-methyl/N-ethyl adjacent to an activating group) is 1. The highest BCUT2D eigenvalue weighted by Gasteiger charge is 2.07. The summed E-state index contributed by atoms with van der Waals surface area (Å²) in [7, 11) is 0. The Balaban J connectivity index is 2.77. The van der Waals surface area contributed by atoms with E-state index >= 15 is 0 Å². The van der Waals surface area contributed by atoms with Crippen LogP contribution in [0, 0.1) is 0 Å². The Labute approximate surface area is 104 Å². The molecule has 17 heavy (non-hydrogen) atoms. The van der Waals surface area contributed by atoms with Gasteiger partial charge in [0.15, 0.2) is 0 Å². The highest BCUT2D eigenvalue weighted by Crippen LogP contribution is 2.11. The molecule has 0 saturated heterocycles. The third-order valence-electron chi connectivity index (χ3n) is 2.39. The van der Waals surface area contributed by atoms with Crippen LogP contribution in [-0.2, 0) is 6.54 Å². The van der Waals surface area contributed by atoms with Crippen LogP contribution in [0.1, 0.15) is 26.5 Å². The zero-order valence-electron chi connectivity index (χ0n) is 11.0. The molecule has 0 aliphatic heterocycles. The van der Waals surface area contributed by atoms with E-state index < -0.39 is 0 Å². The minimum Gasteiger partial charge on any atom is -0.352 e. The lowest BCUT2D eigenvalue weighted by molar-refractivity contribution is 0.703. The van der Waals surface area contributed by atoms with E-state index in [-0.39, 0.29) is 0 Å². The van der Waals surface area contributed by atoms with Gasteiger partial charge in [-0.05, 0) is 20.4 Å². The Morgan fingerprint density at radius 1 is 1.41 bits per heavy atom. The van der Waals surface area contributed by atoms with Gasteiger partial charge in [-0.25, -0.2) is 4.98 Å². The zero-order valence-corrected chi connectivity index (χ0v) is 11.0. The van der Waals surface area contributed by atoms with Gasteiger partial charge in [-0.3, -0.25) is 4.98 Å². The summed E-state index contributed by atoms with van der Waals surface area (Å²) in [5, 5.41) is 3.25. The summed E-state index contributed by atoms with van der Waals surface area (Å²) in [6.45, 7) is 13.6. The molecule has 1 N–H and O–H groups in total. The first-order chi connectivity index (χ1) is 8.17. The summed E-state index contributed by atoms with van der Waals surface area (Å²) >= 11 is 0. The van der Waals surface area contributed by atoms with Crippen LogP contribution in [0.2, 0.25) is 0 Å². The van der Waals surface area contributed by atoms with E-state index in [4.69, 9.17) is 0 Å². The molecule has 0 aliphatic carbocycles. The normalized spacial score (nSPS) is 10.3. The van der Waals surface area contributed by atoms with Crippen molar-refractivity contribution < 1.29 is 0 Å². The third kappa shape index (κ3) is 4.53. The Kier molecular flexibility index (Phi) is 5.63. The van der Waals surface area contributed by atoms with E-state index in [2.05, 4.69) is 40.6 Å². The van der Waals surface area contributed by atoms with Crippen LogP contribution in [0.4, 0.5) is 5.82 Å². The number of hydrogen-bond donors (Lipinski definition) is 1. The fourth-order valence-corrected chi connectivity index (χ4v) is 1.57. The highest BCUT2D eigenvalue weighted by molar-refractivity contribution is 5.37. The van der Waals surface area contributed by atoms with Crippen molar-refractivity contribution in [2.75, 3.05) is 24.5 Å². The lowest BCUT2D eigenvalue weighted by Gasteiger charge is -2.22. The quantitative estimate of drug-likeness (QED) is 0.733. The van der Waals surface area contributed by atoms with Gasteiger partial charge in [-0.15, -0.1) is 0 Å². The Morgan fingerprint density at radius 2 is 2.18 bits per heavy atom. The van der Waals surface area contributed by atoms with Crippen molar-refractivity contribution in [3.63, 3.8) is 0 Å². The Bertz CT molecular complexity index is 362. The first-order valence-corrected chi connectivity index (χ1v) is 6.08. The monoisotopic (exact) mass is 234 g/mol. The van der Waals surface area contributed by atoms with Crippen molar-refractivity contribution in [2.45, 2.75) is 27.3 Å². The molecule has 0 spiro atoms. The number of hydrogen-bond acceptors (Lipinski definition) is 4. The molecule has 1 aromatic rings. The fourth-order valence-electron chi connectivity index (χ4n) is 1.57. The predicted molar refractivity (Wildman–Crippen MR) is 72.1 cm³/mol. The maximum atomic E-state index is 4.59. The van der Waals surface area contributed by atoms with Gasteiger partial charge in [0.05, 0.1) is 11.9 Å². The molecule has 0 bridgehead atoms. The zero-order chi connectivity index (χ0) is 12.7. The van der Waals surface area contributed by atoms with Crippen LogP contribution in [0.5, 0.6) is 0 Å². The molecule has 0 amide bonds. The molecule has 1 heterocycles. The highest BCUT2D eigenvalue weighted by atomic mass is 15.2. The summed E-state index contributed by atoms with van der Waals surface area (Å²) in [6, 6.07) is 0. The van der Waals surface area contributed by atoms with Crippen LogP contribution in [0.3, 0.4) is 0 Å². The third-order valence-corrected chi connectivity index (χ3v) is 2.39. The molecule has 94 valence electrons. The largest absolute Gasteiger partial charge is 0.352 e. The molecule has 0 aromatic carbocycles. The van der Waals surface area contributed by atoms with Crippen molar-refractivity contribution in [3.05, 3.63) is 30.2 Å². The average Bonchev–Trinajstić information content (AvgIpc) is 2.33. The topological polar surface area (TPSA) is 41.1 Å². The number of nitrogens with one attached hydrogen (secondary N) is 1. The molecule has 0 saturated carbocycles. The molecular formula is C13H22N4. The van der Waals surface area contributed by atoms with Gasteiger partial charge in [0.1, 0.15) is 5.82 Å². The second-order valence-electron chi connectivity index (χ2n) is 4.12. The SMILES string of the molecule is C=C(C)CN(CC)c1cncc(CNCC)n1. The summed E-state index contributed by atoms with van der Waals surface area (Å²) in [5.41, 5.74) is 2.11. The van der Waals surface area contributed by atoms with E-state index in [1.807, 2.05) is 13.1 Å². The Morgan fingerprint density at radius 3 is 2.76 bits per heavy atom. The van der Waals surface area contributed by atoms with Gasteiger partial charge in [0, 0.05) is 25.8 Å². The maximum absolute atomic E-state index is 4.59. The van der Waals surface area contributed by atoms with Gasteiger partial charge in [-0.2, -0.15) is 0 Å². The van der Waals surface area contributed by atoms with Gasteiger partial charge >= 0.3 is 0 Å². The van der Waals surface area contributed by atoms with Gasteiger partial charge < -0.3 is 10.2 Å². The van der Waals surface area contributed by atoms with Crippen LogP contribution < -0.4 is 10.2 Å². The maximum Gasteiger partial charge on any atom is 0.147 e. The summed E-state index contributed by atoms with van der Waals surface area (Å²) < 4.78 is 0. The van der Waals surface area contributed by atoms with Gasteiger partial charge in [-0.1, -0.05) is 19.1 Å². The van der Waals surface area contributed by atoms with Crippen molar-refractivity contribution in [1.82, 2.24) is 15.3 Å². The smallest absolute Gasteiger partial charge is 0.147 e. The number of nitrogens with zero attached hydrogens (tertiary/aromatic N) is 3. The van der Waals surface area contributed by atoms with E-state index in [9.17, 15) is 0 Å². The van der Waals surface area contributed by atoms with Crippen LogP contribution >= 0.6 is 0 Å². The molecule has 1 rings (SSSR count). The number of anilines is 1. The molecular weight excluding hydrogens is 212 g/mol. The van der Waals surface area contributed by atoms with E-state index in [1.54, 1.807) is 6.20 Å². The van der Waals surface area contributed by atoms with Crippen LogP contribution in [0.15, 0.2) is 24.5 Å². The molecule has 4 nitrogen and oxygen atoms in total. The van der Waals surface area contributed by atoms with Crippen LogP contribution in [0.25, 0.3) is 0 Å². The Hall–Kier alpha value is -1.42. The van der Waals surface area contributed by atoms with E-state index in [1.165, 1.54) is 0 Å². The number of aromatic nitrogens is 2. The average molecular weight is 234 g/mol. The van der Waals surface area contributed by atoms with Crippen molar-refractivity contribution in [2.24, 2.45) is 0 Å².